The molecule has 0 aliphatic heterocycles. The van der Waals surface area contributed by atoms with Gasteiger partial charge >= 0.3 is 17.1 Å². The molecule has 10 heteroatoms. The maximum Gasteiger partial charge on any atom is 3.00 e. The normalized spacial score (nSPS) is 9.00. The van der Waals surface area contributed by atoms with Crippen LogP contribution in [-0.4, -0.2) is 38.3 Å². The van der Waals surface area contributed by atoms with Crippen LogP contribution in [0.15, 0.2) is 72.9 Å². The maximum absolute atomic E-state index is 9.64. The third kappa shape index (κ3) is 121. The number of hydrogen-bond donors (Lipinski definition) is 0. The predicted molar refractivity (Wildman–Crippen MR) is 108 cm³/mol. The summed E-state index contributed by atoms with van der Waals surface area (Å²) < 4.78 is 0. The smallest absolute Gasteiger partial charge is 0.545 e. The number of hydrogen-bond acceptors (Lipinski definition) is 9. The van der Waals surface area contributed by atoms with Crippen LogP contribution < -0.4 is 15.3 Å². The number of carbonyl (C=O) groups excluding carboxylic acids is 6. The van der Waals surface area contributed by atoms with E-state index in [1.165, 1.54) is 18.2 Å². The Bertz CT molecular complexity index is 495. The van der Waals surface area contributed by atoms with Gasteiger partial charge in [-0.1, -0.05) is 54.7 Å². The average Bonchev–Trinajstić information content (AvgIpc) is 2.73. The van der Waals surface area contributed by atoms with Crippen molar-refractivity contribution in [3.8, 4) is 0 Å². The molecule has 0 amide bonds. The molecule has 0 aromatic heterocycles. The van der Waals surface area contributed by atoms with Crippen LogP contribution >= 0.6 is 0 Å². The first kappa shape index (κ1) is 45.9. The van der Waals surface area contributed by atoms with Crippen LogP contribution in [0.25, 0.3) is 0 Å². The Morgan fingerprint density at radius 3 is 0.742 bits per heavy atom. The topological polar surface area (TPSA) is 172 Å². The Hall–Kier alpha value is -3.62. The summed E-state index contributed by atoms with van der Waals surface area (Å²) in [4.78, 5) is 52.9. The fourth-order valence-electron chi connectivity index (χ4n) is 0.736. The van der Waals surface area contributed by atoms with Crippen molar-refractivity contribution in [3.63, 3.8) is 0 Å². The average molecular weight is 479 g/mol. The fraction of sp³-hybridized carbons (Fsp3) is 0.143. The van der Waals surface area contributed by atoms with E-state index in [1.54, 1.807) is 57.2 Å². The van der Waals surface area contributed by atoms with Crippen molar-refractivity contribution in [2.45, 2.75) is 20.8 Å². The SMILES string of the molecule is C=O.C=O.C=O.CC=CC=CC(=O)[O-].CC=CC=CC(=O)[O-].CC=CC=CC(=O)[O-].[Fe+3]. The minimum Gasteiger partial charge on any atom is -0.545 e. The van der Waals surface area contributed by atoms with E-state index in [0.717, 1.165) is 18.2 Å². The molecule has 9 nitrogen and oxygen atoms in total. The largest absolute Gasteiger partial charge is 3.00 e. The molecule has 0 saturated heterocycles. The van der Waals surface area contributed by atoms with Gasteiger partial charge in [0.2, 0.25) is 0 Å². The zero-order valence-electron chi connectivity index (χ0n) is 17.6. The molecule has 0 aliphatic carbocycles. The molecule has 0 aromatic carbocycles. The third-order valence-electron chi connectivity index (χ3n) is 1.61. The summed E-state index contributed by atoms with van der Waals surface area (Å²) in [6, 6.07) is 0. The Morgan fingerprint density at radius 2 is 0.645 bits per heavy atom. The molecule has 1 radical (unpaired) electrons. The van der Waals surface area contributed by atoms with Crippen molar-refractivity contribution in [2.75, 3.05) is 0 Å². The molecule has 0 aromatic rings. The molecule has 0 bridgehead atoms. The first-order valence-corrected chi connectivity index (χ1v) is 7.69. The molecule has 0 fully saturated rings. The van der Waals surface area contributed by atoms with Gasteiger partial charge in [-0.15, -0.1) is 0 Å². The monoisotopic (exact) mass is 479 g/mol. The van der Waals surface area contributed by atoms with E-state index in [-0.39, 0.29) is 17.1 Å². The van der Waals surface area contributed by atoms with Crippen LogP contribution in [0.4, 0.5) is 0 Å². The maximum atomic E-state index is 9.64. The summed E-state index contributed by atoms with van der Waals surface area (Å²) >= 11 is 0. The zero-order chi connectivity index (χ0) is 25.2. The van der Waals surface area contributed by atoms with Crippen LogP contribution in [0.5, 0.6) is 0 Å². The summed E-state index contributed by atoms with van der Waals surface area (Å²) in [5.74, 6) is -3.49. The van der Waals surface area contributed by atoms with E-state index in [0.29, 0.717) is 0 Å². The quantitative estimate of drug-likeness (QED) is 0.264. The fourth-order valence-corrected chi connectivity index (χ4v) is 0.736. The van der Waals surface area contributed by atoms with Gasteiger partial charge < -0.3 is 44.1 Å². The molecule has 0 spiro atoms. The minimum absolute atomic E-state index is 0. The van der Waals surface area contributed by atoms with Crippen molar-refractivity contribution >= 4 is 38.3 Å². The molecule has 0 rings (SSSR count). The number of aliphatic carboxylic acids is 3. The summed E-state index contributed by atoms with van der Waals surface area (Å²) in [5.41, 5.74) is 0. The molecule has 0 atom stereocenters. The van der Waals surface area contributed by atoms with E-state index < -0.39 is 17.9 Å². The van der Waals surface area contributed by atoms with Gasteiger partial charge in [0.15, 0.2) is 0 Å². The van der Waals surface area contributed by atoms with E-state index in [9.17, 15) is 29.7 Å². The zero-order valence-corrected chi connectivity index (χ0v) is 18.7. The van der Waals surface area contributed by atoms with Crippen LogP contribution in [-0.2, 0) is 45.8 Å². The predicted octanol–water partition coefficient (Wildman–Crippen LogP) is -0.951. The van der Waals surface area contributed by atoms with E-state index in [4.69, 9.17) is 14.4 Å². The number of carbonyl (C=O) groups is 6. The minimum atomic E-state index is -1.16. The van der Waals surface area contributed by atoms with Gasteiger partial charge in [0, 0.05) is 0 Å². The summed E-state index contributed by atoms with van der Waals surface area (Å²) in [6.07, 6.45) is 17.2. The van der Waals surface area contributed by atoms with Crippen LogP contribution in [0, 0.1) is 0 Å². The Labute approximate surface area is 193 Å². The molecule has 0 aliphatic rings. The Morgan fingerprint density at radius 1 is 0.484 bits per heavy atom. The number of rotatable bonds is 6. The first-order valence-electron chi connectivity index (χ1n) is 7.69. The summed E-state index contributed by atoms with van der Waals surface area (Å²) in [6.45, 7) is 11.4. The van der Waals surface area contributed by atoms with E-state index in [1.807, 2.05) is 20.4 Å². The standard InChI is InChI=1S/3C6H8O2.3CH2O.Fe/c3*1-2-3-4-5-6(7)8;3*1-2;/h3*2-5H,1H3,(H,7,8);3*1H2;/q;;;;;;+3/p-3. The van der Waals surface area contributed by atoms with Crippen molar-refractivity contribution < 1.29 is 61.2 Å². The molecule has 0 heterocycles. The van der Waals surface area contributed by atoms with Crippen LogP contribution in [0.1, 0.15) is 20.8 Å². The molecule has 0 saturated carbocycles. The Kier molecular flexibility index (Phi) is 83.2. The number of carboxylic acids is 3. The Balaban J connectivity index is -0.0000000488. The van der Waals surface area contributed by atoms with Gasteiger partial charge in [0.25, 0.3) is 0 Å². The molecule has 0 unspecified atom stereocenters. The van der Waals surface area contributed by atoms with Crippen LogP contribution in [0.3, 0.4) is 0 Å². The van der Waals surface area contributed by atoms with Crippen molar-refractivity contribution in [3.05, 3.63) is 72.9 Å². The van der Waals surface area contributed by atoms with Gasteiger partial charge in [0.05, 0.1) is 17.9 Å². The van der Waals surface area contributed by atoms with Gasteiger partial charge in [-0.3, -0.25) is 0 Å². The molecule has 173 valence electrons. The first-order chi connectivity index (χ1) is 14.3. The van der Waals surface area contributed by atoms with Gasteiger partial charge in [-0.25, -0.2) is 0 Å². The second-order valence-electron chi connectivity index (χ2n) is 3.61. The molecule has 0 N–H and O–H groups in total. The van der Waals surface area contributed by atoms with Gasteiger partial charge in [0.1, 0.15) is 20.4 Å². The molecule has 31 heavy (non-hydrogen) atoms. The van der Waals surface area contributed by atoms with Gasteiger partial charge in [-0.05, 0) is 39.0 Å². The second kappa shape index (κ2) is 56.3. The third-order valence-corrected chi connectivity index (χ3v) is 1.61. The van der Waals surface area contributed by atoms with E-state index >= 15 is 0 Å². The summed E-state index contributed by atoms with van der Waals surface area (Å²) in [5, 5.41) is 28.9. The number of carboxylic acid groups (broad SMARTS) is 3. The van der Waals surface area contributed by atoms with Crippen LogP contribution in [0.2, 0.25) is 0 Å². The number of allylic oxidation sites excluding steroid dienone is 9. The molecular formula is C21H27FeO9. The van der Waals surface area contributed by atoms with E-state index in [2.05, 4.69) is 0 Å². The second-order valence-corrected chi connectivity index (χ2v) is 3.61. The van der Waals surface area contributed by atoms with Gasteiger partial charge in [-0.2, -0.15) is 0 Å². The van der Waals surface area contributed by atoms with Crippen molar-refractivity contribution in [1.29, 1.82) is 0 Å². The van der Waals surface area contributed by atoms with Crippen molar-refractivity contribution in [1.82, 2.24) is 0 Å². The molecular weight excluding hydrogens is 452 g/mol. The van der Waals surface area contributed by atoms with Crippen molar-refractivity contribution in [2.24, 2.45) is 0 Å². The summed E-state index contributed by atoms with van der Waals surface area (Å²) in [7, 11) is 0.